The van der Waals surface area contributed by atoms with Crippen molar-refractivity contribution in [3.63, 3.8) is 0 Å². The summed E-state index contributed by atoms with van der Waals surface area (Å²) in [6.45, 7) is 5.17. The van der Waals surface area contributed by atoms with Crippen molar-refractivity contribution in [2.45, 2.75) is 20.8 Å². The van der Waals surface area contributed by atoms with E-state index >= 15 is 0 Å². The number of Topliss-reactive ketones (excluding diaryl/α,β-unsaturated/α-hetero) is 1. The molecule has 0 atom stereocenters. The first-order valence-corrected chi connectivity index (χ1v) is 7.70. The lowest BCUT2D eigenvalue weighted by Crippen LogP contribution is -1.99. The molecule has 0 aliphatic carbocycles. The van der Waals surface area contributed by atoms with Crippen LogP contribution in [0.5, 0.6) is 0 Å². The van der Waals surface area contributed by atoms with Crippen LogP contribution in [0, 0.1) is 6.92 Å². The molecule has 0 radical (unpaired) electrons. The fourth-order valence-electron chi connectivity index (χ4n) is 1.69. The minimum absolute atomic E-state index is 0.00299. The predicted molar refractivity (Wildman–Crippen MR) is 89.2 cm³/mol. The van der Waals surface area contributed by atoms with E-state index in [2.05, 4.69) is 15.5 Å². The second kappa shape index (κ2) is 6.56. The van der Waals surface area contributed by atoms with Crippen LogP contribution in [0.4, 0.5) is 5.13 Å². The molecule has 110 valence electrons. The van der Waals surface area contributed by atoms with E-state index in [-0.39, 0.29) is 5.78 Å². The third kappa shape index (κ3) is 3.81. The van der Waals surface area contributed by atoms with Gasteiger partial charge in [-0.2, -0.15) is 5.10 Å². The molecule has 0 aliphatic rings. The number of ketones is 1. The van der Waals surface area contributed by atoms with Gasteiger partial charge in [0, 0.05) is 6.92 Å². The van der Waals surface area contributed by atoms with Crippen molar-refractivity contribution >= 4 is 51.2 Å². The number of thiazole rings is 1. The molecule has 21 heavy (non-hydrogen) atoms. The van der Waals surface area contributed by atoms with Crippen LogP contribution in [0.2, 0.25) is 10.0 Å². The average Bonchev–Trinajstić information content (AvgIpc) is 2.80. The van der Waals surface area contributed by atoms with Crippen LogP contribution in [0.15, 0.2) is 23.3 Å². The Kier molecular flexibility index (Phi) is 4.98. The van der Waals surface area contributed by atoms with Crippen molar-refractivity contribution < 1.29 is 4.79 Å². The van der Waals surface area contributed by atoms with E-state index in [4.69, 9.17) is 23.2 Å². The number of nitrogens with zero attached hydrogens (tertiary/aromatic N) is 2. The van der Waals surface area contributed by atoms with Gasteiger partial charge in [0.15, 0.2) is 5.78 Å². The molecule has 1 heterocycles. The number of aromatic nitrogens is 1. The van der Waals surface area contributed by atoms with E-state index in [0.717, 1.165) is 11.3 Å². The molecule has 1 aromatic heterocycles. The number of aryl methyl sites for hydroxylation is 1. The molecule has 0 bridgehead atoms. The third-order valence-electron chi connectivity index (χ3n) is 2.77. The van der Waals surface area contributed by atoms with Crippen LogP contribution < -0.4 is 5.43 Å². The number of hydrazone groups is 1. The summed E-state index contributed by atoms with van der Waals surface area (Å²) in [4.78, 5) is 16.3. The van der Waals surface area contributed by atoms with E-state index in [1.165, 1.54) is 18.3 Å². The lowest BCUT2D eigenvalue weighted by Gasteiger charge is -2.03. The SMILES string of the molecule is CC(=O)c1sc(N/N=C(/C)c2ccc(Cl)c(Cl)c2)nc1C. The Morgan fingerprint density at radius 2 is 2.00 bits per heavy atom. The maximum Gasteiger partial charge on any atom is 0.204 e. The Bertz CT molecular complexity index is 725. The first-order chi connectivity index (χ1) is 9.88. The lowest BCUT2D eigenvalue weighted by atomic mass is 10.1. The molecule has 0 fully saturated rings. The van der Waals surface area contributed by atoms with Crippen LogP contribution >= 0.6 is 34.5 Å². The summed E-state index contributed by atoms with van der Waals surface area (Å²) in [7, 11) is 0. The van der Waals surface area contributed by atoms with Crippen molar-refractivity contribution in [2.24, 2.45) is 5.10 Å². The monoisotopic (exact) mass is 341 g/mol. The van der Waals surface area contributed by atoms with Crippen molar-refractivity contribution in [3.05, 3.63) is 44.4 Å². The van der Waals surface area contributed by atoms with Gasteiger partial charge in [-0.3, -0.25) is 10.2 Å². The Hall–Kier alpha value is -1.43. The molecular weight excluding hydrogens is 329 g/mol. The number of rotatable bonds is 4. The van der Waals surface area contributed by atoms with Crippen LogP contribution in [0.1, 0.15) is 34.8 Å². The minimum atomic E-state index is 0.00299. The predicted octanol–water partition coefficient (Wildman–Crippen LogP) is 4.80. The number of carbonyl (C=O) groups is 1. The van der Waals surface area contributed by atoms with Crippen molar-refractivity contribution in [1.29, 1.82) is 0 Å². The van der Waals surface area contributed by atoms with Crippen LogP contribution in [0.25, 0.3) is 0 Å². The highest BCUT2D eigenvalue weighted by Crippen LogP contribution is 2.24. The molecule has 2 aromatic rings. The third-order valence-corrected chi connectivity index (χ3v) is 4.67. The molecule has 4 nitrogen and oxygen atoms in total. The normalized spacial score (nSPS) is 11.6. The lowest BCUT2D eigenvalue weighted by molar-refractivity contribution is 0.102. The summed E-state index contributed by atoms with van der Waals surface area (Å²) in [5.74, 6) is 0.00299. The van der Waals surface area contributed by atoms with Gasteiger partial charge in [-0.1, -0.05) is 40.6 Å². The van der Waals surface area contributed by atoms with Crippen LogP contribution in [-0.4, -0.2) is 16.5 Å². The highest BCUT2D eigenvalue weighted by molar-refractivity contribution is 7.17. The fraction of sp³-hybridized carbons (Fsp3) is 0.214. The van der Waals surface area contributed by atoms with Gasteiger partial charge in [-0.25, -0.2) is 4.98 Å². The number of halogens is 2. The summed E-state index contributed by atoms with van der Waals surface area (Å²) >= 11 is 13.1. The smallest absolute Gasteiger partial charge is 0.204 e. The largest absolute Gasteiger partial charge is 0.294 e. The average molecular weight is 342 g/mol. The number of anilines is 1. The van der Waals surface area contributed by atoms with E-state index in [1.54, 1.807) is 19.1 Å². The molecule has 0 unspecified atom stereocenters. The molecular formula is C14H13Cl2N3OS. The van der Waals surface area contributed by atoms with E-state index in [0.29, 0.717) is 25.7 Å². The molecule has 2 rings (SSSR count). The molecule has 1 N–H and O–H groups in total. The van der Waals surface area contributed by atoms with E-state index in [9.17, 15) is 4.79 Å². The Balaban J connectivity index is 2.18. The summed E-state index contributed by atoms with van der Waals surface area (Å²) in [6, 6.07) is 5.31. The maximum atomic E-state index is 11.4. The van der Waals surface area contributed by atoms with Crippen molar-refractivity contribution in [2.75, 3.05) is 5.43 Å². The Labute approximate surface area is 136 Å². The summed E-state index contributed by atoms with van der Waals surface area (Å²) in [5.41, 5.74) is 5.17. The van der Waals surface area contributed by atoms with Crippen LogP contribution in [0.3, 0.4) is 0 Å². The van der Waals surface area contributed by atoms with Gasteiger partial charge in [-0.05, 0) is 31.5 Å². The van der Waals surface area contributed by atoms with Gasteiger partial charge >= 0.3 is 0 Å². The summed E-state index contributed by atoms with van der Waals surface area (Å²) in [6.07, 6.45) is 0. The number of benzene rings is 1. The Morgan fingerprint density at radius 3 is 2.57 bits per heavy atom. The van der Waals surface area contributed by atoms with E-state index in [1.807, 2.05) is 13.0 Å². The second-order valence-electron chi connectivity index (χ2n) is 4.43. The molecule has 0 spiro atoms. The molecule has 0 amide bonds. The van der Waals surface area contributed by atoms with Gasteiger partial charge in [0.25, 0.3) is 0 Å². The summed E-state index contributed by atoms with van der Waals surface area (Å²) < 4.78 is 0. The standard InChI is InChI=1S/C14H13Cl2N3OS/c1-7(10-4-5-11(15)12(16)6-10)18-19-14-17-8(2)13(21-14)9(3)20/h4-6H,1-3H3,(H,17,19)/b18-7-. The zero-order valence-corrected chi connectivity index (χ0v) is 14.0. The van der Waals surface area contributed by atoms with Gasteiger partial charge in [0.2, 0.25) is 5.13 Å². The van der Waals surface area contributed by atoms with Gasteiger partial charge in [-0.15, -0.1) is 0 Å². The van der Waals surface area contributed by atoms with E-state index < -0.39 is 0 Å². The second-order valence-corrected chi connectivity index (χ2v) is 6.24. The van der Waals surface area contributed by atoms with Gasteiger partial charge in [0.1, 0.15) is 0 Å². The molecule has 0 saturated heterocycles. The van der Waals surface area contributed by atoms with Crippen LogP contribution in [-0.2, 0) is 0 Å². The zero-order valence-electron chi connectivity index (χ0n) is 11.7. The number of nitrogens with one attached hydrogen (secondary N) is 1. The molecule has 0 aliphatic heterocycles. The fourth-order valence-corrected chi connectivity index (χ4v) is 2.79. The first kappa shape index (κ1) is 15.9. The van der Waals surface area contributed by atoms with Gasteiger partial charge < -0.3 is 0 Å². The number of carbonyl (C=O) groups excluding carboxylic acids is 1. The zero-order chi connectivity index (χ0) is 15.6. The maximum absolute atomic E-state index is 11.4. The summed E-state index contributed by atoms with van der Waals surface area (Å²) in [5, 5.41) is 5.81. The Morgan fingerprint density at radius 1 is 1.29 bits per heavy atom. The molecule has 0 saturated carbocycles. The number of hydrogen-bond donors (Lipinski definition) is 1. The number of hydrogen-bond acceptors (Lipinski definition) is 5. The molecule has 7 heteroatoms. The van der Waals surface area contributed by atoms with Gasteiger partial charge in [0.05, 0.1) is 26.3 Å². The first-order valence-electron chi connectivity index (χ1n) is 6.12. The minimum Gasteiger partial charge on any atom is -0.294 e. The topological polar surface area (TPSA) is 54.4 Å². The molecule has 1 aromatic carbocycles. The van der Waals surface area contributed by atoms with Crippen molar-refractivity contribution in [3.8, 4) is 0 Å². The highest BCUT2D eigenvalue weighted by atomic mass is 35.5. The highest BCUT2D eigenvalue weighted by Gasteiger charge is 2.11. The van der Waals surface area contributed by atoms with Crippen molar-refractivity contribution in [1.82, 2.24) is 4.98 Å². The quantitative estimate of drug-likeness (QED) is 0.493.